The van der Waals surface area contributed by atoms with Gasteiger partial charge in [-0.1, -0.05) is 12.1 Å². The van der Waals surface area contributed by atoms with Crippen molar-refractivity contribution in [1.82, 2.24) is 5.32 Å². The Balaban J connectivity index is 2.01. The van der Waals surface area contributed by atoms with Crippen LogP contribution in [0.15, 0.2) is 54.1 Å². The third-order valence-electron chi connectivity index (χ3n) is 3.60. The van der Waals surface area contributed by atoms with Crippen LogP contribution >= 0.6 is 0 Å². The summed E-state index contributed by atoms with van der Waals surface area (Å²) >= 11 is 0. The Morgan fingerprint density at radius 3 is 2.42 bits per heavy atom. The van der Waals surface area contributed by atoms with Crippen LogP contribution in [0.3, 0.4) is 0 Å². The zero-order valence-electron chi connectivity index (χ0n) is 13.1. The first-order valence-electron chi connectivity index (χ1n) is 7.32. The molecule has 0 atom stereocenters. The Labute approximate surface area is 146 Å². The van der Waals surface area contributed by atoms with Crippen LogP contribution in [0.5, 0.6) is 5.75 Å². The maximum absolute atomic E-state index is 12.6. The van der Waals surface area contributed by atoms with E-state index in [4.69, 9.17) is 0 Å². The number of imide groups is 2. The molecule has 3 rings (SSSR count). The summed E-state index contributed by atoms with van der Waals surface area (Å²) in [7, 11) is 0. The van der Waals surface area contributed by atoms with E-state index in [2.05, 4.69) is 0 Å². The molecule has 0 bridgehead atoms. The number of phenols is 1. The summed E-state index contributed by atoms with van der Waals surface area (Å²) < 4.78 is 0. The third kappa shape index (κ3) is 3.13. The number of non-ortho nitro benzene ring substituents is 1. The Morgan fingerprint density at radius 1 is 1.08 bits per heavy atom. The molecule has 1 fully saturated rings. The van der Waals surface area contributed by atoms with Gasteiger partial charge in [0.1, 0.15) is 11.3 Å². The molecule has 0 aliphatic carbocycles. The topological polar surface area (TPSA) is 130 Å². The summed E-state index contributed by atoms with van der Waals surface area (Å²) in [4.78, 5) is 47.7. The molecule has 2 N–H and O–H groups in total. The summed E-state index contributed by atoms with van der Waals surface area (Å²) in [5.74, 6) is -1.83. The highest BCUT2D eigenvalue weighted by atomic mass is 16.6. The molecule has 0 spiro atoms. The van der Waals surface area contributed by atoms with Crippen LogP contribution in [-0.2, 0) is 9.59 Å². The standard InChI is InChI=1S/C17H11N3O6/c21-13-6-4-11(5-7-13)19-16(23)14(15(22)18-17(19)24)9-10-2-1-3-12(8-10)20(25)26/h1-9,21H,(H,18,22,24)/b14-9+. The molecule has 0 aromatic heterocycles. The van der Waals surface area contributed by atoms with Gasteiger partial charge in [-0.05, 0) is 35.9 Å². The minimum atomic E-state index is -0.929. The van der Waals surface area contributed by atoms with Crippen molar-refractivity contribution in [3.05, 3.63) is 69.8 Å². The second-order valence-corrected chi connectivity index (χ2v) is 5.33. The van der Waals surface area contributed by atoms with Crippen LogP contribution in [0.2, 0.25) is 0 Å². The Kier molecular flexibility index (Phi) is 4.19. The molecule has 26 heavy (non-hydrogen) atoms. The van der Waals surface area contributed by atoms with E-state index in [1.54, 1.807) is 0 Å². The number of anilines is 1. The monoisotopic (exact) mass is 353 g/mol. The second kappa shape index (κ2) is 6.48. The van der Waals surface area contributed by atoms with E-state index in [0.717, 1.165) is 4.90 Å². The SMILES string of the molecule is O=C1NC(=O)N(c2ccc(O)cc2)C(=O)/C1=C/c1cccc([N+](=O)[O-])c1. The highest BCUT2D eigenvalue weighted by Crippen LogP contribution is 2.24. The van der Waals surface area contributed by atoms with Crippen LogP contribution in [0.1, 0.15) is 5.56 Å². The lowest BCUT2D eigenvalue weighted by Gasteiger charge is -2.26. The molecule has 9 nitrogen and oxygen atoms in total. The van der Waals surface area contributed by atoms with E-state index in [9.17, 15) is 29.6 Å². The van der Waals surface area contributed by atoms with Gasteiger partial charge in [0.2, 0.25) is 0 Å². The molecule has 0 unspecified atom stereocenters. The first kappa shape index (κ1) is 16.8. The maximum atomic E-state index is 12.6. The lowest BCUT2D eigenvalue weighted by molar-refractivity contribution is -0.384. The van der Waals surface area contributed by atoms with Crippen LogP contribution < -0.4 is 10.2 Å². The molecule has 2 aromatic rings. The van der Waals surface area contributed by atoms with Crippen molar-refractivity contribution in [3.63, 3.8) is 0 Å². The van der Waals surface area contributed by atoms with Crippen molar-refractivity contribution in [3.8, 4) is 5.75 Å². The molecule has 0 radical (unpaired) electrons. The van der Waals surface area contributed by atoms with E-state index < -0.39 is 22.8 Å². The van der Waals surface area contributed by atoms with Crippen molar-refractivity contribution in [2.24, 2.45) is 0 Å². The number of barbiturate groups is 1. The largest absolute Gasteiger partial charge is 0.508 e. The summed E-state index contributed by atoms with van der Waals surface area (Å²) in [5, 5.41) is 22.2. The number of carbonyl (C=O) groups is 3. The fraction of sp³-hybridized carbons (Fsp3) is 0. The van der Waals surface area contributed by atoms with Gasteiger partial charge >= 0.3 is 6.03 Å². The fourth-order valence-corrected chi connectivity index (χ4v) is 2.39. The minimum Gasteiger partial charge on any atom is -0.508 e. The molecule has 4 amide bonds. The zero-order chi connectivity index (χ0) is 18.8. The Morgan fingerprint density at radius 2 is 1.77 bits per heavy atom. The van der Waals surface area contributed by atoms with E-state index in [1.807, 2.05) is 5.32 Å². The number of nitrogens with one attached hydrogen (secondary N) is 1. The average Bonchev–Trinajstić information content (AvgIpc) is 2.60. The summed E-state index contributed by atoms with van der Waals surface area (Å²) in [6, 6.07) is 9.71. The highest BCUT2D eigenvalue weighted by molar-refractivity contribution is 6.39. The van der Waals surface area contributed by atoms with Gasteiger partial charge in [-0.15, -0.1) is 0 Å². The molecule has 1 aliphatic heterocycles. The summed E-state index contributed by atoms with van der Waals surface area (Å²) in [5.41, 5.74) is -0.131. The molecular weight excluding hydrogens is 342 g/mol. The van der Waals surface area contributed by atoms with E-state index >= 15 is 0 Å². The van der Waals surface area contributed by atoms with Gasteiger partial charge in [0.25, 0.3) is 17.5 Å². The lowest BCUT2D eigenvalue weighted by Crippen LogP contribution is -2.54. The van der Waals surface area contributed by atoms with Crippen LogP contribution in [0.4, 0.5) is 16.2 Å². The van der Waals surface area contributed by atoms with Crippen molar-refractivity contribution >= 4 is 35.3 Å². The lowest BCUT2D eigenvalue weighted by atomic mass is 10.1. The van der Waals surface area contributed by atoms with Crippen molar-refractivity contribution in [2.45, 2.75) is 0 Å². The molecule has 1 heterocycles. The van der Waals surface area contributed by atoms with Gasteiger partial charge in [0.15, 0.2) is 0 Å². The van der Waals surface area contributed by atoms with Crippen molar-refractivity contribution in [1.29, 1.82) is 0 Å². The van der Waals surface area contributed by atoms with Crippen LogP contribution in [0.25, 0.3) is 6.08 Å². The highest BCUT2D eigenvalue weighted by Gasteiger charge is 2.36. The number of benzene rings is 2. The van der Waals surface area contributed by atoms with E-state index in [0.29, 0.717) is 0 Å². The predicted octanol–water partition coefficient (Wildman–Crippen LogP) is 1.97. The number of carbonyl (C=O) groups excluding carboxylic acids is 3. The van der Waals surface area contributed by atoms with Gasteiger partial charge in [0, 0.05) is 12.1 Å². The summed E-state index contributed by atoms with van der Waals surface area (Å²) in [6.45, 7) is 0. The molecule has 1 saturated heterocycles. The molecule has 0 saturated carbocycles. The number of rotatable bonds is 3. The number of amides is 4. The minimum absolute atomic E-state index is 0.0537. The first-order valence-corrected chi connectivity index (χ1v) is 7.32. The predicted molar refractivity (Wildman–Crippen MR) is 90.2 cm³/mol. The number of nitrogens with zero attached hydrogens (tertiary/aromatic N) is 2. The number of aromatic hydroxyl groups is 1. The number of urea groups is 1. The van der Waals surface area contributed by atoms with Gasteiger partial charge in [-0.2, -0.15) is 0 Å². The Bertz CT molecular complexity index is 965. The summed E-state index contributed by atoms with van der Waals surface area (Å²) in [6.07, 6.45) is 1.17. The molecule has 2 aromatic carbocycles. The molecule has 130 valence electrons. The van der Waals surface area contributed by atoms with E-state index in [1.165, 1.54) is 54.6 Å². The number of hydrogen-bond donors (Lipinski definition) is 2. The third-order valence-corrected chi connectivity index (χ3v) is 3.60. The van der Waals surface area contributed by atoms with Crippen molar-refractivity contribution in [2.75, 3.05) is 4.90 Å². The molecular formula is C17H11N3O6. The zero-order valence-corrected chi connectivity index (χ0v) is 13.1. The van der Waals surface area contributed by atoms with Gasteiger partial charge in [-0.25, -0.2) is 9.69 Å². The second-order valence-electron chi connectivity index (χ2n) is 5.33. The number of phenolic OH excluding ortho intramolecular Hbond substituents is 1. The van der Waals surface area contributed by atoms with Crippen LogP contribution in [-0.4, -0.2) is 27.9 Å². The first-order chi connectivity index (χ1) is 12.4. The smallest absolute Gasteiger partial charge is 0.335 e. The van der Waals surface area contributed by atoms with Gasteiger partial charge in [-0.3, -0.25) is 25.0 Å². The van der Waals surface area contributed by atoms with Crippen LogP contribution in [0, 0.1) is 10.1 Å². The number of nitro benzene ring substituents is 1. The fourth-order valence-electron chi connectivity index (χ4n) is 2.39. The Hall–Kier alpha value is -4.01. The normalized spacial score (nSPS) is 15.9. The number of hydrogen-bond acceptors (Lipinski definition) is 6. The van der Waals surface area contributed by atoms with E-state index in [-0.39, 0.29) is 28.3 Å². The van der Waals surface area contributed by atoms with Gasteiger partial charge in [0.05, 0.1) is 10.6 Å². The quantitative estimate of drug-likeness (QED) is 0.375. The van der Waals surface area contributed by atoms with Crippen molar-refractivity contribution < 1.29 is 24.4 Å². The van der Waals surface area contributed by atoms with Gasteiger partial charge < -0.3 is 5.11 Å². The molecule has 9 heteroatoms. The molecule has 1 aliphatic rings. The maximum Gasteiger partial charge on any atom is 0.335 e. The average molecular weight is 353 g/mol. The number of nitro groups is 1.